The van der Waals surface area contributed by atoms with Crippen molar-refractivity contribution in [3.05, 3.63) is 22.8 Å². The van der Waals surface area contributed by atoms with E-state index in [2.05, 4.69) is 0 Å². The molecule has 1 heterocycles. The molecule has 5 nitrogen and oxygen atoms in total. The molecule has 0 spiro atoms. The van der Waals surface area contributed by atoms with Gasteiger partial charge in [-0.3, -0.25) is 14.4 Å². The van der Waals surface area contributed by atoms with Gasteiger partial charge in [-0.05, 0) is 26.3 Å². The van der Waals surface area contributed by atoms with Gasteiger partial charge < -0.3 is 9.47 Å². The number of hydrogen-bond acceptors (Lipinski definition) is 5. The fourth-order valence-electron chi connectivity index (χ4n) is 4.46. The highest BCUT2D eigenvalue weighted by Gasteiger charge is 2.55. The molecule has 1 aliphatic heterocycles. The van der Waals surface area contributed by atoms with Crippen LogP contribution in [0, 0.1) is 17.8 Å². The zero-order chi connectivity index (χ0) is 18.3. The van der Waals surface area contributed by atoms with Gasteiger partial charge >= 0.3 is 11.9 Å². The summed E-state index contributed by atoms with van der Waals surface area (Å²) in [5.74, 6) is -1.27. The second-order valence-electron chi connectivity index (χ2n) is 7.53. The molecule has 1 fully saturated rings. The molecule has 136 valence electrons. The van der Waals surface area contributed by atoms with Crippen LogP contribution in [0.15, 0.2) is 22.8 Å². The van der Waals surface area contributed by atoms with Crippen LogP contribution >= 0.6 is 0 Å². The van der Waals surface area contributed by atoms with Crippen molar-refractivity contribution in [2.45, 2.75) is 65.6 Å². The summed E-state index contributed by atoms with van der Waals surface area (Å²) in [5.41, 5.74) is 2.59. The first kappa shape index (κ1) is 17.9. The summed E-state index contributed by atoms with van der Waals surface area (Å²) in [7, 11) is 0. The highest BCUT2D eigenvalue weighted by Crippen LogP contribution is 2.48. The lowest BCUT2D eigenvalue weighted by molar-refractivity contribution is -0.153. The first-order chi connectivity index (χ1) is 11.8. The zero-order valence-corrected chi connectivity index (χ0v) is 15.3. The number of hydrogen-bond donors (Lipinski definition) is 0. The lowest BCUT2D eigenvalue weighted by Gasteiger charge is -2.29. The molecule has 3 rings (SSSR count). The van der Waals surface area contributed by atoms with E-state index in [0.717, 1.165) is 29.6 Å². The van der Waals surface area contributed by atoms with Crippen LogP contribution in [-0.4, -0.2) is 29.9 Å². The quantitative estimate of drug-likeness (QED) is 0.732. The van der Waals surface area contributed by atoms with E-state index in [0.29, 0.717) is 12.8 Å². The average molecular weight is 346 g/mol. The first-order valence-electron chi connectivity index (χ1n) is 9.17. The number of carbonyl (C=O) groups excluding carboxylic acids is 3. The van der Waals surface area contributed by atoms with Gasteiger partial charge in [0, 0.05) is 30.3 Å². The highest BCUT2D eigenvalue weighted by atomic mass is 16.6. The monoisotopic (exact) mass is 346 g/mol. The lowest BCUT2D eigenvalue weighted by Crippen LogP contribution is -2.37. The Morgan fingerprint density at radius 2 is 2.04 bits per heavy atom. The van der Waals surface area contributed by atoms with Crippen molar-refractivity contribution >= 4 is 17.7 Å². The Labute approximate surface area is 148 Å². The molecule has 5 atom stereocenters. The summed E-state index contributed by atoms with van der Waals surface area (Å²) in [6, 6.07) is 0. The average Bonchev–Trinajstić information content (AvgIpc) is 2.95. The van der Waals surface area contributed by atoms with E-state index >= 15 is 0 Å². The fraction of sp³-hybridized carbons (Fsp3) is 0.650. The number of rotatable bonds is 4. The largest absolute Gasteiger partial charge is 0.462 e. The van der Waals surface area contributed by atoms with Gasteiger partial charge in [0.15, 0.2) is 5.78 Å². The van der Waals surface area contributed by atoms with Crippen molar-refractivity contribution in [3.63, 3.8) is 0 Å². The summed E-state index contributed by atoms with van der Waals surface area (Å²) in [6.07, 6.45) is 3.37. The van der Waals surface area contributed by atoms with Crippen molar-refractivity contribution < 1.29 is 23.9 Å². The molecular weight excluding hydrogens is 320 g/mol. The number of ketones is 1. The molecule has 0 saturated carbocycles. The van der Waals surface area contributed by atoms with Crippen LogP contribution in [0.1, 0.15) is 53.4 Å². The van der Waals surface area contributed by atoms with Crippen LogP contribution in [-0.2, 0) is 23.9 Å². The Morgan fingerprint density at radius 3 is 2.72 bits per heavy atom. The lowest BCUT2D eigenvalue weighted by atomic mass is 9.79. The number of carbonyl (C=O) groups is 3. The van der Waals surface area contributed by atoms with E-state index in [-0.39, 0.29) is 35.5 Å². The summed E-state index contributed by atoms with van der Waals surface area (Å²) in [6.45, 7) is 7.68. The topological polar surface area (TPSA) is 69.7 Å². The maximum Gasteiger partial charge on any atom is 0.309 e. The van der Waals surface area contributed by atoms with E-state index in [1.54, 1.807) is 6.08 Å². The van der Waals surface area contributed by atoms with Crippen LogP contribution in [0.5, 0.6) is 0 Å². The highest BCUT2D eigenvalue weighted by molar-refractivity contribution is 6.09. The van der Waals surface area contributed by atoms with E-state index < -0.39 is 12.2 Å². The van der Waals surface area contributed by atoms with Crippen molar-refractivity contribution in [2.24, 2.45) is 17.8 Å². The van der Waals surface area contributed by atoms with Crippen LogP contribution in [0.25, 0.3) is 0 Å². The molecule has 5 heteroatoms. The van der Waals surface area contributed by atoms with Crippen molar-refractivity contribution in [3.8, 4) is 0 Å². The third-order valence-electron chi connectivity index (χ3n) is 5.75. The molecule has 25 heavy (non-hydrogen) atoms. The molecule has 2 aliphatic carbocycles. The maximum atomic E-state index is 12.4. The predicted octanol–water partition coefficient (Wildman–Crippen LogP) is 3.13. The second-order valence-corrected chi connectivity index (χ2v) is 7.53. The molecule has 3 aliphatic rings. The van der Waals surface area contributed by atoms with Crippen LogP contribution in [0.2, 0.25) is 0 Å². The van der Waals surface area contributed by atoms with Gasteiger partial charge in [-0.15, -0.1) is 0 Å². The van der Waals surface area contributed by atoms with Gasteiger partial charge in [0.1, 0.15) is 12.2 Å². The minimum absolute atomic E-state index is 0.00712. The Bertz CT molecular complexity index is 672. The van der Waals surface area contributed by atoms with E-state index in [1.165, 1.54) is 0 Å². The van der Waals surface area contributed by atoms with E-state index in [4.69, 9.17) is 9.47 Å². The minimum atomic E-state index is -0.429. The van der Waals surface area contributed by atoms with E-state index in [1.807, 2.05) is 27.7 Å². The number of ether oxygens (including phenoxy) is 2. The molecule has 0 aromatic heterocycles. The third-order valence-corrected chi connectivity index (χ3v) is 5.75. The minimum Gasteiger partial charge on any atom is -0.462 e. The fourth-order valence-corrected chi connectivity index (χ4v) is 4.46. The standard InChI is InChI=1S/C20H26O5/c1-5-6-7-15(22)24-14-9-11(3)16-13(21)8-10(2)17(16)19-18(14)12(4)20(23)25-19/h8,12,14,17-19H,5-7,9H2,1-4H3. The Hall–Kier alpha value is -1.91. The molecule has 0 amide bonds. The molecule has 0 aromatic carbocycles. The van der Waals surface area contributed by atoms with Crippen LogP contribution in [0.4, 0.5) is 0 Å². The Morgan fingerprint density at radius 1 is 1.32 bits per heavy atom. The van der Waals surface area contributed by atoms with Crippen molar-refractivity contribution in [2.75, 3.05) is 0 Å². The van der Waals surface area contributed by atoms with Gasteiger partial charge in [-0.1, -0.05) is 31.4 Å². The molecular formula is C20H26O5. The van der Waals surface area contributed by atoms with E-state index in [9.17, 15) is 14.4 Å². The third kappa shape index (κ3) is 3.05. The maximum absolute atomic E-state index is 12.4. The molecule has 1 saturated heterocycles. The first-order valence-corrected chi connectivity index (χ1v) is 9.17. The van der Waals surface area contributed by atoms with Gasteiger partial charge in [-0.25, -0.2) is 0 Å². The van der Waals surface area contributed by atoms with Crippen LogP contribution in [0.3, 0.4) is 0 Å². The van der Waals surface area contributed by atoms with Crippen LogP contribution < -0.4 is 0 Å². The smallest absolute Gasteiger partial charge is 0.309 e. The van der Waals surface area contributed by atoms with Gasteiger partial charge in [0.25, 0.3) is 0 Å². The molecule has 0 aromatic rings. The van der Waals surface area contributed by atoms with Gasteiger partial charge in [-0.2, -0.15) is 0 Å². The van der Waals surface area contributed by atoms with Crippen molar-refractivity contribution in [1.29, 1.82) is 0 Å². The normalized spacial score (nSPS) is 34.2. The Kier molecular flexibility index (Phi) is 4.85. The molecule has 0 radical (unpaired) electrons. The van der Waals surface area contributed by atoms with Gasteiger partial charge in [0.2, 0.25) is 0 Å². The number of fused-ring (bicyclic) bond motifs is 3. The van der Waals surface area contributed by atoms with Crippen molar-refractivity contribution in [1.82, 2.24) is 0 Å². The predicted molar refractivity (Wildman–Crippen MR) is 91.5 cm³/mol. The summed E-state index contributed by atoms with van der Waals surface area (Å²) in [4.78, 5) is 36.9. The zero-order valence-electron chi connectivity index (χ0n) is 15.3. The Balaban J connectivity index is 1.94. The molecule has 5 unspecified atom stereocenters. The summed E-state index contributed by atoms with van der Waals surface area (Å²) in [5, 5.41) is 0. The second kappa shape index (κ2) is 6.77. The SMILES string of the molecule is CCCCC(=O)OC1CC(C)=C2C(=O)C=C(C)C2C2OC(=O)C(C)C12. The summed E-state index contributed by atoms with van der Waals surface area (Å²) < 4.78 is 11.5. The number of allylic oxidation sites excluding steroid dienone is 1. The number of esters is 2. The molecule has 0 bridgehead atoms. The number of unbranched alkanes of at least 4 members (excludes halogenated alkanes) is 1. The molecule has 0 N–H and O–H groups in total. The summed E-state index contributed by atoms with van der Waals surface area (Å²) >= 11 is 0. The van der Waals surface area contributed by atoms with Gasteiger partial charge in [0.05, 0.1) is 5.92 Å².